The molecule has 3 atom stereocenters. The van der Waals surface area contributed by atoms with Gasteiger partial charge in [0.15, 0.2) is 0 Å². The van der Waals surface area contributed by atoms with Crippen molar-refractivity contribution in [1.82, 2.24) is 18.8 Å². The fraction of sp³-hybridized carbons (Fsp3) is 0.812. The van der Waals surface area contributed by atoms with E-state index in [-0.39, 0.29) is 6.04 Å². The lowest BCUT2D eigenvalue weighted by molar-refractivity contribution is 0.220. The molecule has 1 saturated heterocycles. The van der Waals surface area contributed by atoms with E-state index in [1.165, 1.54) is 0 Å². The van der Waals surface area contributed by atoms with Gasteiger partial charge >= 0.3 is 0 Å². The number of piperidine rings is 1. The first-order chi connectivity index (χ1) is 10.6. The molecule has 7 heteroatoms. The Morgan fingerprint density at radius 1 is 1.26 bits per heavy atom. The van der Waals surface area contributed by atoms with Crippen LogP contribution >= 0.6 is 0 Å². The number of nitrogens with one attached hydrogen (secondary N) is 1. The summed E-state index contributed by atoms with van der Waals surface area (Å²) in [6, 6.07) is -0.158. The van der Waals surface area contributed by atoms with Crippen molar-refractivity contribution in [3.8, 4) is 0 Å². The second-order valence-corrected chi connectivity index (χ2v) is 8.97. The molecule has 23 heavy (non-hydrogen) atoms. The molecule has 0 aliphatic carbocycles. The van der Waals surface area contributed by atoms with Gasteiger partial charge in [0.25, 0.3) is 10.2 Å². The lowest BCUT2D eigenvalue weighted by Gasteiger charge is -2.34. The van der Waals surface area contributed by atoms with Gasteiger partial charge in [-0.05, 0) is 51.0 Å². The Bertz CT molecular complexity index is 643. The normalized spacial score (nSPS) is 24.8. The maximum Gasteiger partial charge on any atom is 0.279 e. The minimum atomic E-state index is -3.43. The average molecular weight is 343 g/mol. The number of aromatic nitrogens is 2. The largest absolute Gasteiger partial charge is 0.279 e. The van der Waals surface area contributed by atoms with Crippen molar-refractivity contribution < 1.29 is 8.42 Å². The van der Waals surface area contributed by atoms with Crippen LogP contribution in [0.25, 0.3) is 0 Å². The van der Waals surface area contributed by atoms with E-state index in [2.05, 4.69) is 23.7 Å². The summed E-state index contributed by atoms with van der Waals surface area (Å²) >= 11 is 0. The molecule has 1 aromatic heterocycles. The monoisotopic (exact) mass is 342 g/mol. The number of nitrogens with zero attached hydrogens (tertiary/aromatic N) is 3. The van der Waals surface area contributed by atoms with Crippen LogP contribution in [0.3, 0.4) is 0 Å². The van der Waals surface area contributed by atoms with Crippen molar-refractivity contribution >= 4 is 10.2 Å². The minimum absolute atomic E-state index is 0.158. The van der Waals surface area contributed by atoms with Gasteiger partial charge in [0.1, 0.15) is 0 Å². The zero-order valence-corrected chi connectivity index (χ0v) is 15.9. The second kappa shape index (κ2) is 6.91. The van der Waals surface area contributed by atoms with Crippen molar-refractivity contribution in [3.63, 3.8) is 0 Å². The zero-order chi connectivity index (χ0) is 17.4. The number of aryl methyl sites for hydroxylation is 2. The molecule has 0 spiro atoms. The van der Waals surface area contributed by atoms with Crippen LogP contribution in [0.1, 0.15) is 44.1 Å². The second-order valence-electron chi connectivity index (χ2n) is 7.26. The Hall–Kier alpha value is -0.920. The van der Waals surface area contributed by atoms with E-state index >= 15 is 0 Å². The summed E-state index contributed by atoms with van der Waals surface area (Å²) in [6.07, 6.45) is 1.75. The highest BCUT2D eigenvalue weighted by Crippen LogP contribution is 2.23. The molecule has 0 aromatic carbocycles. The molecule has 2 heterocycles. The molecule has 3 unspecified atom stereocenters. The third-order valence-corrected chi connectivity index (χ3v) is 6.37. The van der Waals surface area contributed by atoms with E-state index in [1.54, 1.807) is 4.31 Å². The molecule has 1 aliphatic heterocycles. The van der Waals surface area contributed by atoms with Crippen molar-refractivity contribution in [3.05, 3.63) is 17.0 Å². The molecule has 1 fully saturated rings. The van der Waals surface area contributed by atoms with Crippen LogP contribution in [0.5, 0.6) is 0 Å². The van der Waals surface area contributed by atoms with E-state index in [0.29, 0.717) is 31.3 Å². The molecule has 0 bridgehead atoms. The Morgan fingerprint density at radius 3 is 2.30 bits per heavy atom. The van der Waals surface area contributed by atoms with Gasteiger partial charge in [0, 0.05) is 31.9 Å². The molecule has 1 aliphatic rings. The highest BCUT2D eigenvalue weighted by molar-refractivity contribution is 7.87. The quantitative estimate of drug-likeness (QED) is 0.887. The summed E-state index contributed by atoms with van der Waals surface area (Å²) in [5.41, 5.74) is 3.19. The highest BCUT2D eigenvalue weighted by atomic mass is 32.2. The first kappa shape index (κ1) is 18.4. The third-order valence-electron chi connectivity index (χ3n) is 4.69. The van der Waals surface area contributed by atoms with Crippen molar-refractivity contribution in [1.29, 1.82) is 0 Å². The van der Waals surface area contributed by atoms with Gasteiger partial charge in [-0.3, -0.25) is 4.68 Å². The topological polar surface area (TPSA) is 67.2 Å². The van der Waals surface area contributed by atoms with E-state index in [9.17, 15) is 8.42 Å². The van der Waals surface area contributed by atoms with E-state index in [4.69, 9.17) is 0 Å². The summed E-state index contributed by atoms with van der Waals surface area (Å²) in [6.45, 7) is 11.4. The predicted octanol–water partition coefficient (Wildman–Crippen LogP) is 1.78. The average Bonchev–Trinajstić information content (AvgIpc) is 2.63. The van der Waals surface area contributed by atoms with Crippen LogP contribution in [0.15, 0.2) is 0 Å². The van der Waals surface area contributed by atoms with Crippen LogP contribution in [0, 0.1) is 25.7 Å². The van der Waals surface area contributed by atoms with Crippen molar-refractivity contribution in [2.45, 2.75) is 53.5 Å². The summed E-state index contributed by atoms with van der Waals surface area (Å²) < 4.78 is 31.6. The first-order valence-electron chi connectivity index (χ1n) is 8.36. The number of rotatable bonds is 5. The first-order valence-corrected chi connectivity index (χ1v) is 9.80. The molecule has 6 nitrogen and oxygen atoms in total. The minimum Gasteiger partial charge on any atom is -0.272 e. The molecule has 0 saturated carbocycles. The summed E-state index contributed by atoms with van der Waals surface area (Å²) in [5, 5.41) is 4.40. The summed E-state index contributed by atoms with van der Waals surface area (Å²) in [5.74, 6) is 0.821. The zero-order valence-electron chi connectivity index (χ0n) is 15.1. The van der Waals surface area contributed by atoms with Crippen molar-refractivity contribution in [2.24, 2.45) is 18.9 Å². The van der Waals surface area contributed by atoms with Crippen LogP contribution in [0.2, 0.25) is 0 Å². The maximum absolute atomic E-state index is 12.6. The molecule has 0 radical (unpaired) electrons. The van der Waals surface area contributed by atoms with Crippen LogP contribution in [0.4, 0.5) is 0 Å². The Morgan fingerprint density at radius 2 is 1.83 bits per heavy atom. The molecular formula is C16H30N4O2S. The summed E-state index contributed by atoms with van der Waals surface area (Å²) in [4.78, 5) is 0. The Labute approximate surface area is 140 Å². The molecule has 1 aromatic rings. The predicted molar refractivity (Wildman–Crippen MR) is 92.4 cm³/mol. The molecular weight excluding hydrogens is 312 g/mol. The fourth-order valence-corrected chi connectivity index (χ4v) is 5.23. The fourth-order valence-electron chi connectivity index (χ4n) is 3.59. The highest BCUT2D eigenvalue weighted by Gasteiger charge is 2.31. The molecule has 1 N–H and O–H groups in total. The van der Waals surface area contributed by atoms with Gasteiger partial charge in [0.05, 0.1) is 5.69 Å². The molecule has 2 rings (SSSR count). The van der Waals surface area contributed by atoms with Crippen LogP contribution in [-0.4, -0.2) is 41.6 Å². The third kappa shape index (κ3) is 4.33. The lowest BCUT2D eigenvalue weighted by Crippen LogP contribution is -2.50. The van der Waals surface area contributed by atoms with Gasteiger partial charge in [-0.25, -0.2) is 0 Å². The van der Waals surface area contributed by atoms with E-state index in [1.807, 2.05) is 32.5 Å². The number of hydrogen-bond acceptors (Lipinski definition) is 3. The smallest absolute Gasteiger partial charge is 0.272 e. The summed E-state index contributed by atoms with van der Waals surface area (Å²) in [7, 11) is -1.52. The molecule has 0 amide bonds. The van der Waals surface area contributed by atoms with Crippen LogP contribution in [-0.2, 0) is 23.7 Å². The van der Waals surface area contributed by atoms with Gasteiger partial charge in [-0.1, -0.05) is 13.8 Å². The van der Waals surface area contributed by atoms with Gasteiger partial charge in [0.2, 0.25) is 0 Å². The Kier molecular flexibility index (Phi) is 5.53. The van der Waals surface area contributed by atoms with E-state index in [0.717, 1.165) is 23.4 Å². The van der Waals surface area contributed by atoms with Gasteiger partial charge in [-0.15, -0.1) is 0 Å². The maximum atomic E-state index is 12.6. The lowest BCUT2D eigenvalue weighted by atomic mass is 9.94. The van der Waals surface area contributed by atoms with Gasteiger partial charge in [-0.2, -0.15) is 22.5 Å². The molecule has 132 valence electrons. The SMILES string of the molecule is Cc1nn(C)c(C)c1CC(C)NS(=O)(=O)N1CC(C)CC(C)C1. The van der Waals surface area contributed by atoms with Crippen LogP contribution < -0.4 is 4.72 Å². The number of hydrogen-bond donors (Lipinski definition) is 1. The Balaban J connectivity index is 2.05. The standard InChI is InChI=1S/C16H30N4O2S/c1-11-7-12(2)10-20(9-11)23(21,22)18-13(3)8-16-14(4)17-19(6)15(16)5/h11-13,18H,7-10H2,1-6H3. The van der Waals surface area contributed by atoms with Gasteiger partial charge < -0.3 is 0 Å². The van der Waals surface area contributed by atoms with E-state index < -0.39 is 10.2 Å². The van der Waals surface area contributed by atoms with Crippen molar-refractivity contribution in [2.75, 3.05) is 13.1 Å².